The lowest BCUT2D eigenvalue weighted by atomic mass is 9.95. The molecule has 0 radical (unpaired) electrons. The summed E-state index contributed by atoms with van der Waals surface area (Å²) in [5, 5.41) is 19.5. The summed E-state index contributed by atoms with van der Waals surface area (Å²) in [6, 6.07) is 13.7. The van der Waals surface area contributed by atoms with E-state index in [1.807, 2.05) is 18.2 Å². The Kier molecular flexibility index (Phi) is 5.43. The first-order valence-electron chi connectivity index (χ1n) is 7.84. The molecular formula is C19H13ClN2O5S. The second-order valence-corrected chi connectivity index (χ2v) is 7.18. The first-order valence-corrected chi connectivity index (χ1v) is 9.04. The average molecular weight is 417 g/mol. The molecule has 3 aromatic rings. The SMILES string of the molecule is Nc1[nH]c(=O)c(C(=O)O)c(-c2ccc(Sc3ccccc3Cl)cc2)c1C(=O)O. The lowest BCUT2D eigenvalue weighted by molar-refractivity contribution is 0.0695. The molecule has 3 rings (SSSR count). The molecule has 0 atom stereocenters. The fourth-order valence-corrected chi connectivity index (χ4v) is 3.77. The van der Waals surface area contributed by atoms with Crippen molar-refractivity contribution in [2.24, 2.45) is 0 Å². The average Bonchev–Trinajstić information content (AvgIpc) is 2.63. The summed E-state index contributed by atoms with van der Waals surface area (Å²) in [7, 11) is 0. The number of nitrogens with two attached hydrogens (primary N) is 1. The molecule has 0 saturated carbocycles. The molecule has 0 aliphatic heterocycles. The number of aromatic amines is 1. The third-order valence-corrected chi connectivity index (χ3v) is 5.41. The number of hydrogen-bond donors (Lipinski definition) is 4. The van der Waals surface area contributed by atoms with E-state index < -0.39 is 34.4 Å². The molecular weight excluding hydrogens is 404 g/mol. The molecule has 2 aromatic carbocycles. The Morgan fingerprint density at radius 1 is 0.964 bits per heavy atom. The number of nitrogen functional groups attached to an aromatic ring is 1. The third-order valence-electron chi connectivity index (χ3n) is 3.88. The van der Waals surface area contributed by atoms with Crippen LogP contribution in [0.25, 0.3) is 11.1 Å². The Labute approximate surface area is 167 Å². The molecule has 0 amide bonds. The van der Waals surface area contributed by atoms with E-state index in [0.717, 1.165) is 9.79 Å². The quantitative estimate of drug-likeness (QED) is 0.496. The maximum Gasteiger partial charge on any atom is 0.342 e. The minimum absolute atomic E-state index is 0.240. The number of nitrogens with one attached hydrogen (secondary N) is 1. The van der Waals surface area contributed by atoms with Gasteiger partial charge in [-0.05, 0) is 29.8 Å². The second kappa shape index (κ2) is 7.79. The predicted octanol–water partition coefficient (Wildman–Crippen LogP) is 3.83. The highest BCUT2D eigenvalue weighted by atomic mass is 35.5. The summed E-state index contributed by atoms with van der Waals surface area (Å²) in [5.74, 6) is -3.40. The normalized spacial score (nSPS) is 10.6. The first-order chi connectivity index (χ1) is 13.3. The summed E-state index contributed by atoms with van der Waals surface area (Å²) in [4.78, 5) is 39.0. The van der Waals surface area contributed by atoms with Gasteiger partial charge in [-0.3, -0.25) is 4.79 Å². The Hall–Kier alpha value is -3.23. The van der Waals surface area contributed by atoms with E-state index in [4.69, 9.17) is 17.3 Å². The highest BCUT2D eigenvalue weighted by molar-refractivity contribution is 7.99. The number of rotatable bonds is 5. The Balaban J connectivity index is 2.11. The summed E-state index contributed by atoms with van der Waals surface area (Å²) < 4.78 is 0. The molecule has 0 aliphatic rings. The first kappa shape index (κ1) is 19.5. The number of carbonyl (C=O) groups is 2. The van der Waals surface area contributed by atoms with Gasteiger partial charge in [-0.2, -0.15) is 0 Å². The lowest BCUT2D eigenvalue weighted by Crippen LogP contribution is -2.24. The fraction of sp³-hybridized carbons (Fsp3) is 0. The fourth-order valence-electron chi connectivity index (χ4n) is 2.68. The monoisotopic (exact) mass is 416 g/mol. The largest absolute Gasteiger partial charge is 0.478 e. The number of aromatic nitrogens is 1. The lowest BCUT2D eigenvalue weighted by Gasteiger charge is -2.12. The molecule has 9 heteroatoms. The van der Waals surface area contributed by atoms with Gasteiger partial charge < -0.3 is 20.9 Å². The van der Waals surface area contributed by atoms with E-state index in [-0.39, 0.29) is 11.1 Å². The zero-order chi connectivity index (χ0) is 20.4. The maximum absolute atomic E-state index is 12.1. The van der Waals surface area contributed by atoms with Gasteiger partial charge in [0.1, 0.15) is 16.9 Å². The number of anilines is 1. The number of carboxylic acids is 2. The number of H-pyrrole nitrogens is 1. The van der Waals surface area contributed by atoms with Gasteiger partial charge >= 0.3 is 11.9 Å². The van der Waals surface area contributed by atoms with Crippen LogP contribution in [0.15, 0.2) is 63.1 Å². The highest BCUT2D eigenvalue weighted by Crippen LogP contribution is 2.35. The predicted molar refractivity (Wildman–Crippen MR) is 106 cm³/mol. The van der Waals surface area contributed by atoms with Gasteiger partial charge in [0, 0.05) is 15.4 Å². The molecule has 0 aliphatic carbocycles. The van der Waals surface area contributed by atoms with Crippen molar-refractivity contribution in [3.8, 4) is 11.1 Å². The number of halogens is 1. The van der Waals surface area contributed by atoms with Crippen molar-refractivity contribution in [3.63, 3.8) is 0 Å². The van der Waals surface area contributed by atoms with Crippen molar-refractivity contribution in [3.05, 3.63) is 75.0 Å². The molecule has 0 saturated heterocycles. The molecule has 0 fully saturated rings. The number of carboxylic acid groups (broad SMARTS) is 2. The van der Waals surface area contributed by atoms with Crippen LogP contribution in [-0.4, -0.2) is 27.1 Å². The third kappa shape index (κ3) is 3.73. The smallest absolute Gasteiger partial charge is 0.342 e. The van der Waals surface area contributed by atoms with Gasteiger partial charge in [0.25, 0.3) is 5.56 Å². The van der Waals surface area contributed by atoms with E-state index in [9.17, 15) is 24.6 Å². The number of benzene rings is 2. The van der Waals surface area contributed by atoms with Gasteiger partial charge in [-0.15, -0.1) is 0 Å². The Morgan fingerprint density at radius 3 is 2.14 bits per heavy atom. The topological polar surface area (TPSA) is 133 Å². The van der Waals surface area contributed by atoms with Gasteiger partial charge in [-0.1, -0.05) is 47.6 Å². The maximum atomic E-state index is 12.1. The molecule has 0 unspecified atom stereocenters. The zero-order valence-electron chi connectivity index (χ0n) is 14.1. The van der Waals surface area contributed by atoms with Gasteiger partial charge in [0.15, 0.2) is 0 Å². The summed E-state index contributed by atoms with van der Waals surface area (Å²) >= 11 is 7.53. The highest BCUT2D eigenvalue weighted by Gasteiger charge is 2.26. The van der Waals surface area contributed by atoms with Crippen LogP contribution in [-0.2, 0) is 0 Å². The van der Waals surface area contributed by atoms with Crippen LogP contribution in [0.5, 0.6) is 0 Å². The van der Waals surface area contributed by atoms with Crippen LogP contribution in [0.4, 0.5) is 5.82 Å². The number of aromatic carboxylic acids is 2. The van der Waals surface area contributed by atoms with Crippen LogP contribution in [0, 0.1) is 0 Å². The van der Waals surface area contributed by atoms with Crippen molar-refractivity contribution in [2.75, 3.05) is 5.73 Å². The molecule has 142 valence electrons. The standard InChI is InChI=1S/C19H13ClN2O5S/c20-11-3-1-2-4-12(11)28-10-7-5-9(6-8-10)13-14(18(24)25)16(21)22-17(23)15(13)19(26)27/h1-8H,(H,24,25)(H,26,27)(H3,21,22,23). The van der Waals surface area contributed by atoms with E-state index >= 15 is 0 Å². The molecule has 28 heavy (non-hydrogen) atoms. The van der Waals surface area contributed by atoms with Crippen molar-refractivity contribution in [2.45, 2.75) is 9.79 Å². The molecule has 7 nitrogen and oxygen atoms in total. The van der Waals surface area contributed by atoms with E-state index in [1.54, 1.807) is 18.2 Å². The summed E-state index contributed by atoms with van der Waals surface area (Å²) in [6.45, 7) is 0. The Bertz CT molecular complexity index is 1140. The molecule has 0 bridgehead atoms. The minimum atomic E-state index is -1.55. The minimum Gasteiger partial charge on any atom is -0.478 e. The number of pyridine rings is 1. The molecule has 0 spiro atoms. The summed E-state index contributed by atoms with van der Waals surface area (Å²) in [5.41, 5.74) is 3.51. The van der Waals surface area contributed by atoms with Crippen LogP contribution in [0.2, 0.25) is 5.02 Å². The van der Waals surface area contributed by atoms with Crippen molar-refractivity contribution in [1.29, 1.82) is 0 Å². The number of hydrogen-bond acceptors (Lipinski definition) is 5. The van der Waals surface area contributed by atoms with Crippen LogP contribution in [0.1, 0.15) is 20.7 Å². The molecule has 1 heterocycles. The second-order valence-electron chi connectivity index (χ2n) is 5.66. The van der Waals surface area contributed by atoms with E-state index in [1.165, 1.54) is 23.9 Å². The van der Waals surface area contributed by atoms with Gasteiger partial charge in [0.05, 0.1) is 5.02 Å². The molecule has 1 aromatic heterocycles. The van der Waals surface area contributed by atoms with Gasteiger partial charge in [0.2, 0.25) is 0 Å². The van der Waals surface area contributed by atoms with E-state index in [0.29, 0.717) is 5.02 Å². The van der Waals surface area contributed by atoms with Crippen LogP contribution in [0.3, 0.4) is 0 Å². The van der Waals surface area contributed by atoms with Gasteiger partial charge in [-0.25, -0.2) is 9.59 Å². The van der Waals surface area contributed by atoms with Crippen LogP contribution >= 0.6 is 23.4 Å². The van der Waals surface area contributed by atoms with Crippen molar-refractivity contribution in [1.82, 2.24) is 4.98 Å². The zero-order valence-corrected chi connectivity index (χ0v) is 15.7. The summed E-state index contributed by atoms with van der Waals surface area (Å²) in [6.07, 6.45) is 0. The molecule has 5 N–H and O–H groups in total. The van der Waals surface area contributed by atoms with Crippen LogP contribution < -0.4 is 11.3 Å². The Morgan fingerprint density at radius 2 is 1.57 bits per heavy atom. The van der Waals surface area contributed by atoms with Crippen molar-refractivity contribution < 1.29 is 19.8 Å². The van der Waals surface area contributed by atoms with E-state index in [2.05, 4.69) is 4.98 Å². The van der Waals surface area contributed by atoms with Crippen molar-refractivity contribution >= 4 is 41.1 Å².